The smallest absolute Gasteiger partial charge is 0.243 e. The Morgan fingerprint density at radius 1 is 1.07 bits per heavy atom. The molecule has 29 heavy (non-hydrogen) atoms. The van der Waals surface area contributed by atoms with Crippen LogP contribution in [-0.4, -0.2) is 49.6 Å². The van der Waals surface area contributed by atoms with Gasteiger partial charge in [0.15, 0.2) is 0 Å². The number of halogens is 1. The predicted octanol–water partition coefficient (Wildman–Crippen LogP) is 2.97. The maximum absolute atomic E-state index is 12.8. The van der Waals surface area contributed by atoms with Crippen LogP contribution in [-0.2, 0) is 26.2 Å². The zero-order valence-electron chi connectivity index (χ0n) is 16.6. The number of sulfonamides is 1. The summed E-state index contributed by atoms with van der Waals surface area (Å²) in [5.41, 5.74) is 1.29. The first-order valence-electron chi connectivity index (χ1n) is 9.00. The topological polar surface area (TPSA) is 86.8 Å². The molecule has 0 aliphatic rings. The SMILES string of the molecule is CCN(Cc1ccccc1Cl)C(=O)CN(C)S(=O)(=O)c1ccc(NC(C)=O)cc1. The minimum Gasteiger partial charge on any atom is -0.337 e. The van der Waals surface area contributed by atoms with Crippen LogP contribution in [0.15, 0.2) is 53.4 Å². The number of likely N-dealkylation sites (N-methyl/N-ethyl adjacent to an activating group) is 2. The fraction of sp³-hybridized carbons (Fsp3) is 0.300. The average Bonchev–Trinajstić information content (AvgIpc) is 2.67. The quantitative estimate of drug-likeness (QED) is 0.687. The standard InChI is InChI=1S/C20H24ClN3O4S/c1-4-24(13-16-7-5-6-8-19(16)21)20(26)14-23(3)29(27,28)18-11-9-17(10-12-18)22-15(2)25/h5-12H,4,13-14H2,1-3H3,(H,22,25). The number of rotatable bonds is 8. The van der Waals surface area contributed by atoms with Crippen molar-refractivity contribution in [2.75, 3.05) is 25.5 Å². The molecule has 2 rings (SSSR count). The molecule has 0 saturated heterocycles. The van der Waals surface area contributed by atoms with Crippen molar-refractivity contribution in [3.63, 3.8) is 0 Å². The monoisotopic (exact) mass is 437 g/mol. The third-order valence-corrected chi connectivity index (χ3v) is 6.48. The Morgan fingerprint density at radius 3 is 2.24 bits per heavy atom. The summed E-state index contributed by atoms with van der Waals surface area (Å²) in [7, 11) is -2.50. The Bertz CT molecular complexity index is 977. The van der Waals surface area contributed by atoms with Crippen LogP contribution >= 0.6 is 11.6 Å². The van der Waals surface area contributed by atoms with Crippen molar-refractivity contribution in [3.8, 4) is 0 Å². The van der Waals surface area contributed by atoms with Crippen molar-refractivity contribution in [1.29, 1.82) is 0 Å². The lowest BCUT2D eigenvalue weighted by Gasteiger charge is -2.24. The lowest BCUT2D eigenvalue weighted by atomic mass is 10.2. The summed E-state index contributed by atoms with van der Waals surface area (Å²) in [6.45, 7) is 3.61. The Labute approximate surface area is 176 Å². The van der Waals surface area contributed by atoms with Crippen LogP contribution in [0.4, 0.5) is 5.69 Å². The van der Waals surface area contributed by atoms with Gasteiger partial charge < -0.3 is 10.2 Å². The lowest BCUT2D eigenvalue weighted by Crippen LogP contribution is -2.40. The van der Waals surface area contributed by atoms with Crippen molar-refractivity contribution in [3.05, 3.63) is 59.1 Å². The first-order chi connectivity index (χ1) is 13.6. The number of benzene rings is 2. The van der Waals surface area contributed by atoms with Crippen LogP contribution in [0.2, 0.25) is 5.02 Å². The zero-order valence-corrected chi connectivity index (χ0v) is 18.1. The number of amides is 2. The maximum atomic E-state index is 12.8. The molecule has 156 valence electrons. The minimum atomic E-state index is -3.85. The van der Waals surface area contributed by atoms with Gasteiger partial charge in [-0.3, -0.25) is 9.59 Å². The Balaban J connectivity index is 2.10. The summed E-state index contributed by atoms with van der Waals surface area (Å²) in [5, 5.41) is 3.13. The van der Waals surface area contributed by atoms with E-state index in [-0.39, 0.29) is 23.3 Å². The van der Waals surface area contributed by atoms with Gasteiger partial charge in [0.2, 0.25) is 21.8 Å². The van der Waals surface area contributed by atoms with Gasteiger partial charge in [0.25, 0.3) is 0 Å². The number of nitrogens with one attached hydrogen (secondary N) is 1. The molecule has 0 saturated carbocycles. The first kappa shape index (κ1) is 22.9. The molecule has 9 heteroatoms. The number of anilines is 1. The van der Waals surface area contributed by atoms with Gasteiger partial charge in [-0.05, 0) is 42.8 Å². The van der Waals surface area contributed by atoms with Crippen molar-refractivity contribution in [2.24, 2.45) is 0 Å². The molecule has 0 atom stereocenters. The third kappa shape index (κ3) is 6.03. The van der Waals surface area contributed by atoms with E-state index < -0.39 is 10.0 Å². The summed E-state index contributed by atoms with van der Waals surface area (Å²) in [6.07, 6.45) is 0. The second kappa shape index (κ2) is 9.87. The van der Waals surface area contributed by atoms with Gasteiger partial charge in [-0.15, -0.1) is 0 Å². The minimum absolute atomic E-state index is 0.0380. The van der Waals surface area contributed by atoms with Gasteiger partial charge in [-0.25, -0.2) is 8.42 Å². The highest BCUT2D eigenvalue weighted by Gasteiger charge is 2.25. The number of carbonyl (C=O) groups is 2. The first-order valence-corrected chi connectivity index (χ1v) is 10.8. The molecule has 0 heterocycles. The van der Waals surface area contributed by atoms with Gasteiger partial charge >= 0.3 is 0 Å². The van der Waals surface area contributed by atoms with Crippen molar-refractivity contribution >= 4 is 39.1 Å². The summed E-state index contributed by atoms with van der Waals surface area (Å²) in [6, 6.07) is 13.0. The molecule has 0 fully saturated rings. The normalized spacial score (nSPS) is 11.3. The molecule has 2 aromatic rings. The molecule has 7 nitrogen and oxygen atoms in total. The molecule has 0 bridgehead atoms. The predicted molar refractivity (Wildman–Crippen MR) is 113 cm³/mol. The molecule has 2 aromatic carbocycles. The van der Waals surface area contributed by atoms with Crippen LogP contribution in [0.5, 0.6) is 0 Å². The second-order valence-electron chi connectivity index (χ2n) is 6.47. The molecule has 2 amide bonds. The van der Waals surface area contributed by atoms with E-state index in [2.05, 4.69) is 5.32 Å². The van der Waals surface area contributed by atoms with Gasteiger partial charge in [-0.1, -0.05) is 29.8 Å². The molecule has 0 unspecified atom stereocenters. The summed E-state index contributed by atoms with van der Waals surface area (Å²) >= 11 is 6.16. The van der Waals surface area contributed by atoms with E-state index in [1.54, 1.807) is 11.0 Å². The third-order valence-electron chi connectivity index (χ3n) is 4.29. The Hall–Kier alpha value is -2.42. The fourth-order valence-electron chi connectivity index (χ4n) is 2.68. The molecule has 1 N–H and O–H groups in total. The van der Waals surface area contributed by atoms with Crippen LogP contribution in [0.1, 0.15) is 19.4 Å². The Morgan fingerprint density at radius 2 is 1.69 bits per heavy atom. The highest BCUT2D eigenvalue weighted by Crippen LogP contribution is 2.19. The van der Waals surface area contributed by atoms with E-state index in [0.717, 1.165) is 9.87 Å². The van der Waals surface area contributed by atoms with Crippen LogP contribution in [0.25, 0.3) is 0 Å². The maximum Gasteiger partial charge on any atom is 0.243 e. The molecule has 0 radical (unpaired) electrons. The molecular weight excluding hydrogens is 414 g/mol. The molecule has 0 spiro atoms. The van der Waals surface area contributed by atoms with Crippen molar-refractivity contribution in [2.45, 2.75) is 25.3 Å². The number of nitrogens with zero attached hydrogens (tertiary/aromatic N) is 2. The number of hydrogen-bond acceptors (Lipinski definition) is 4. The van der Waals surface area contributed by atoms with Gasteiger partial charge in [-0.2, -0.15) is 4.31 Å². The average molecular weight is 438 g/mol. The van der Waals surface area contributed by atoms with E-state index in [1.807, 2.05) is 25.1 Å². The van der Waals surface area contributed by atoms with E-state index in [1.165, 1.54) is 38.2 Å². The van der Waals surface area contributed by atoms with Crippen molar-refractivity contribution in [1.82, 2.24) is 9.21 Å². The molecular formula is C20H24ClN3O4S. The molecule has 0 aromatic heterocycles. The van der Waals surface area contributed by atoms with E-state index in [4.69, 9.17) is 11.6 Å². The second-order valence-corrected chi connectivity index (χ2v) is 8.92. The van der Waals surface area contributed by atoms with Crippen LogP contribution in [0, 0.1) is 0 Å². The van der Waals surface area contributed by atoms with E-state index in [0.29, 0.717) is 23.8 Å². The highest BCUT2D eigenvalue weighted by atomic mass is 35.5. The number of hydrogen-bond donors (Lipinski definition) is 1. The zero-order chi connectivity index (χ0) is 21.6. The lowest BCUT2D eigenvalue weighted by molar-refractivity contribution is -0.131. The summed E-state index contributed by atoms with van der Waals surface area (Å²) < 4.78 is 26.6. The van der Waals surface area contributed by atoms with Crippen LogP contribution < -0.4 is 5.32 Å². The molecule has 0 aliphatic heterocycles. The van der Waals surface area contributed by atoms with Crippen LogP contribution in [0.3, 0.4) is 0 Å². The number of carbonyl (C=O) groups excluding carboxylic acids is 2. The Kier molecular flexibility index (Phi) is 7.78. The van der Waals surface area contributed by atoms with Gasteiger partial charge in [0.1, 0.15) is 0 Å². The van der Waals surface area contributed by atoms with Crippen molar-refractivity contribution < 1.29 is 18.0 Å². The largest absolute Gasteiger partial charge is 0.337 e. The van der Waals surface area contributed by atoms with E-state index in [9.17, 15) is 18.0 Å². The fourth-order valence-corrected chi connectivity index (χ4v) is 3.99. The highest BCUT2D eigenvalue weighted by molar-refractivity contribution is 7.89. The van der Waals surface area contributed by atoms with Gasteiger partial charge in [0, 0.05) is 37.8 Å². The molecule has 0 aliphatic carbocycles. The van der Waals surface area contributed by atoms with Gasteiger partial charge in [0.05, 0.1) is 11.4 Å². The summed E-state index contributed by atoms with van der Waals surface area (Å²) in [4.78, 5) is 25.4. The summed E-state index contributed by atoms with van der Waals surface area (Å²) in [5.74, 6) is -0.574. The van der Waals surface area contributed by atoms with E-state index >= 15 is 0 Å².